The maximum Gasteiger partial charge on any atom is 0.410 e. The highest BCUT2D eigenvalue weighted by Gasteiger charge is 2.60. The van der Waals surface area contributed by atoms with Crippen LogP contribution in [0.2, 0.25) is 18.1 Å². The molecule has 10 atom stereocenters. The quantitative estimate of drug-likeness (QED) is 0.213. The fraction of sp³-hybridized carbons (Fsp3) is 0.738. The molecule has 2 unspecified atom stereocenters. The lowest BCUT2D eigenvalue weighted by molar-refractivity contribution is -0.0792. The number of fused-ring (bicyclic) bond motifs is 6. The van der Waals surface area contributed by atoms with Crippen molar-refractivity contribution in [3.05, 3.63) is 58.9 Å². The van der Waals surface area contributed by atoms with Gasteiger partial charge >= 0.3 is 6.09 Å². The van der Waals surface area contributed by atoms with Gasteiger partial charge in [0.05, 0.1) is 23.5 Å². The maximum atomic E-state index is 13.6. The highest BCUT2D eigenvalue weighted by molar-refractivity contribution is 6.73. The number of nitrogens with zero attached hydrogens (tertiary/aromatic N) is 1. The maximum absolute atomic E-state index is 13.6. The molecule has 1 spiro atoms. The second-order valence-corrected chi connectivity index (χ2v) is 22.0. The van der Waals surface area contributed by atoms with Crippen molar-refractivity contribution in [3.8, 4) is 0 Å². The van der Waals surface area contributed by atoms with Crippen LogP contribution in [0.5, 0.6) is 0 Å². The molecule has 1 aromatic rings. The Morgan fingerprint density at radius 1 is 1.04 bits per heavy atom. The third kappa shape index (κ3) is 5.83. The van der Waals surface area contributed by atoms with Crippen LogP contribution in [-0.4, -0.2) is 43.6 Å². The van der Waals surface area contributed by atoms with Gasteiger partial charge in [-0.15, -0.1) is 0 Å². The van der Waals surface area contributed by atoms with Crippen LogP contribution < -0.4 is 0 Å². The normalized spacial score (nSPS) is 39.2. The van der Waals surface area contributed by atoms with Gasteiger partial charge in [-0.1, -0.05) is 83.0 Å². The molecule has 2 heterocycles. The number of hydrogen-bond acceptors (Lipinski definition) is 4. The molecule has 1 amide bonds. The smallest absolute Gasteiger partial charge is 0.410 e. The first kappa shape index (κ1) is 34.4. The van der Waals surface area contributed by atoms with Crippen LogP contribution in [0.15, 0.2) is 53.3 Å². The summed E-state index contributed by atoms with van der Waals surface area (Å²) >= 11 is 0. The SMILES string of the molecule is CC[Si](CC)(CC)OC1=CC2CC[C@H]3[C@@H]4CCC5(CC(C)=C4C[C@@H]3[C@@]2(C)CC1)O[C@@H]1C[C@H](C)CN(C(=O)OCc2ccccc2)[C@H]1[C@H]5C. The fourth-order valence-corrected chi connectivity index (χ4v) is 14.6. The van der Waals surface area contributed by atoms with Crippen LogP contribution in [0.1, 0.15) is 112 Å². The van der Waals surface area contributed by atoms with Gasteiger partial charge in [-0.3, -0.25) is 0 Å². The van der Waals surface area contributed by atoms with Crippen molar-refractivity contribution in [1.29, 1.82) is 0 Å². The van der Waals surface area contributed by atoms with Gasteiger partial charge < -0.3 is 18.8 Å². The van der Waals surface area contributed by atoms with Crippen LogP contribution >= 0.6 is 0 Å². The predicted octanol–water partition coefficient (Wildman–Crippen LogP) is 10.7. The Bertz CT molecular complexity index is 1390. The van der Waals surface area contributed by atoms with Gasteiger partial charge in [0.2, 0.25) is 8.32 Å². The van der Waals surface area contributed by atoms with E-state index < -0.39 is 8.32 Å². The minimum Gasteiger partial charge on any atom is -0.547 e. The van der Waals surface area contributed by atoms with Crippen molar-refractivity contribution in [2.24, 2.45) is 40.9 Å². The number of likely N-dealkylation sites (tertiary alicyclic amines) is 1. The number of piperidine rings is 1. The number of hydrogen-bond donors (Lipinski definition) is 0. The van der Waals surface area contributed by atoms with Crippen LogP contribution in [0.25, 0.3) is 0 Å². The average molecular weight is 674 g/mol. The molecule has 6 heteroatoms. The minimum absolute atomic E-state index is 0.0858. The van der Waals surface area contributed by atoms with E-state index in [1.807, 2.05) is 30.3 Å². The van der Waals surface area contributed by atoms with Gasteiger partial charge in [-0.05, 0) is 123 Å². The molecule has 0 N–H and O–H groups in total. The minimum atomic E-state index is -1.63. The number of allylic oxidation sites excluding steroid dienone is 3. The third-order valence-corrected chi connectivity index (χ3v) is 19.6. The third-order valence-electron chi connectivity index (χ3n) is 15.0. The average Bonchev–Trinajstić information content (AvgIpc) is 3.56. The van der Waals surface area contributed by atoms with Crippen LogP contribution in [0, 0.1) is 40.9 Å². The zero-order valence-electron chi connectivity index (χ0n) is 31.1. The Morgan fingerprint density at radius 3 is 2.52 bits per heavy atom. The van der Waals surface area contributed by atoms with E-state index in [4.69, 9.17) is 13.9 Å². The first-order valence-electron chi connectivity index (χ1n) is 19.8. The molecule has 4 fully saturated rings. The van der Waals surface area contributed by atoms with E-state index in [0.717, 1.165) is 49.6 Å². The summed E-state index contributed by atoms with van der Waals surface area (Å²) in [5.74, 6) is 4.95. The number of rotatable bonds is 7. The van der Waals surface area contributed by atoms with Crippen molar-refractivity contribution in [1.82, 2.24) is 4.90 Å². The Kier molecular flexibility index (Phi) is 9.49. The summed E-state index contributed by atoms with van der Waals surface area (Å²) in [5.41, 5.74) is 4.60. The molecule has 5 nitrogen and oxygen atoms in total. The Labute approximate surface area is 292 Å². The number of carbonyl (C=O) groups is 1. The molecule has 0 radical (unpaired) electrons. The number of benzene rings is 1. The molecule has 0 aromatic heterocycles. The molecule has 6 aliphatic rings. The van der Waals surface area contributed by atoms with Crippen LogP contribution in [0.4, 0.5) is 4.79 Å². The van der Waals surface area contributed by atoms with Crippen molar-refractivity contribution < 1.29 is 18.7 Å². The Hall–Kier alpha value is -2.05. The van der Waals surface area contributed by atoms with Gasteiger partial charge in [-0.2, -0.15) is 0 Å². The summed E-state index contributed by atoms with van der Waals surface area (Å²) in [5, 5.41) is 0. The monoisotopic (exact) mass is 673 g/mol. The van der Waals surface area contributed by atoms with E-state index >= 15 is 0 Å². The second kappa shape index (κ2) is 13.2. The van der Waals surface area contributed by atoms with E-state index in [1.165, 1.54) is 56.0 Å². The van der Waals surface area contributed by atoms with Crippen molar-refractivity contribution in [3.63, 3.8) is 0 Å². The molecule has 2 aliphatic heterocycles. The molecule has 48 heavy (non-hydrogen) atoms. The van der Waals surface area contributed by atoms with Crippen LogP contribution in [-0.2, 0) is 20.5 Å². The molecule has 4 aliphatic carbocycles. The zero-order chi connectivity index (χ0) is 33.8. The molecule has 7 rings (SSSR count). The van der Waals surface area contributed by atoms with Gasteiger partial charge in [-0.25, -0.2) is 4.79 Å². The van der Waals surface area contributed by atoms with E-state index in [0.29, 0.717) is 29.8 Å². The molecule has 1 aromatic carbocycles. The molecular weight excluding hydrogens is 611 g/mol. The highest BCUT2D eigenvalue weighted by Crippen LogP contribution is 2.65. The van der Waals surface area contributed by atoms with Crippen molar-refractivity contribution >= 4 is 14.4 Å². The lowest BCUT2D eigenvalue weighted by Crippen LogP contribution is -2.54. The lowest BCUT2D eigenvalue weighted by Gasteiger charge is -2.52. The van der Waals surface area contributed by atoms with Crippen LogP contribution in [0.3, 0.4) is 0 Å². The molecule has 264 valence electrons. The number of amides is 1. The summed E-state index contributed by atoms with van der Waals surface area (Å²) in [6.07, 6.45) is 13.3. The van der Waals surface area contributed by atoms with Crippen molar-refractivity contribution in [2.45, 2.75) is 149 Å². The molecule has 0 bridgehead atoms. The summed E-state index contributed by atoms with van der Waals surface area (Å²) in [4.78, 5) is 15.7. The number of ether oxygens (including phenoxy) is 2. The number of carbonyl (C=O) groups excluding carboxylic acids is 1. The van der Waals surface area contributed by atoms with E-state index in [2.05, 4.69) is 59.4 Å². The van der Waals surface area contributed by atoms with E-state index in [1.54, 1.807) is 11.1 Å². The summed E-state index contributed by atoms with van der Waals surface area (Å²) in [6, 6.07) is 13.8. The molecule has 2 saturated heterocycles. The molecular formula is C42H63NO4Si. The Balaban J connectivity index is 1.08. The second-order valence-electron chi connectivity index (χ2n) is 17.3. The summed E-state index contributed by atoms with van der Waals surface area (Å²) in [7, 11) is -1.63. The first-order chi connectivity index (χ1) is 23.0. The summed E-state index contributed by atoms with van der Waals surface area (Å²) in [6.45, 7) is 17.9. The Morgan fingerprint density at radius 2 is 1.79 bits per heavy atom. The lowest BCUT2D eigenvalue weighted by atomic mass is 9.54. The van der Waals surface area contributed by atoms with E-state index in [-0.39, 0.29) is 29.8 Å². The van der Waals surface area contributed by atoms with Gasteiger partial charge in [0.1, 0.15) is 6.61 Å². The van der Waals surface area contributed by atoms with Gasteiger partial charge in [0.25, 0.3) is 0 Å². The van der Waals surface area contributed by atoms with E-state index in [9.17, 15) is 4.79 Å². The highest BCUT2D eigenvalue weighted by atomic mass is 28.4. The standard InChI is InChI=1S/C42H63NO4Si/c1-8-48(9-2,10-3)47-33-18-20-41(7)32(23-33)16-17-35-34-19-21-42(25-29(5)36(34)24-37(35)41)30(6)39-38(46-42)22-28(4)26-43(39)40(44)45-27-31-14-12-11-13-15-31/h11-15,23,28,30,32,34-35,37-39H,8-10,16-22,24-27H2,1-7H3/t28-,30+,32?,34-,35-,37-,38+,39-,41-,42?/m0/s1. The predicted molar refractivity (Wildman–Crippen MR) is 196 cm³/mol. The van der Waals surface area contributed by atoms with Gasteiger partial charge in [0, 0.05) is 18.9 Å². The largest absolute Gasteiger partial charge is 0.547 e. The van der Waals surface area contributed by atoms with Crippen molar-refractivity contribution in [2.75, 3.05) is 6.54 Å². The molecule has 2 saturated carbocycles. The van der Waals surface area contributed by atoms with Gasteiger partial charge in [0.15, 0.2) is 0 Å². The first-order valence-corrected chi connectivity index (χ1v) is 22.3. The topological polar surface area (TPSA) is 48.0 Å². The fourth-order valence-electron chi connectivity index (χ4n) is 12.0. The zero-order valence-corrected chi connectivity index (χ0v) is 32.1. The summed E-state index contributed by atoms with van der Waals surface area (Å²) < 4.78 is 20.2.